The van der Waals surface area contributed by atoms with E-state index in [1.165, 1.54) is 6.92 Å². The van der Waals surface area contributed by atoms with Crippen LogP contribution in [0.4, 0.5) is 0 Å². The number of carbonyl (C=O) groups is 2. The molecular formula is C52H82O23. The van der Waals surface area contributed by atoms with Gasteiger partial charge in [-0.15, -0.1) is 0 Å². The lowest BCUT2D eigenvalue weighted by Crippen LogP contribution is -2.69. The lowest BCUT2D eigenvalue weighted by molar-refractivity contribution is -0.385. The van der Waals surface area contributed by atoms with Gasteiger partial charge in [0.15, 0.2) is 25.0 Å². The summed E-state index contributed by atoms with van der Waals surface area (Å²) in [5.41, 5.74) is -5.58. The van der Waals surface area contributed by atoms with Crippen LogP contribution in [0.1, 0.15) is 106 Å². The molecule has 428 valence electrons. The maximum absolute atomic E-state index is 15.5. The first-order valence-corrected chi connectivity index (χ1v) is 26.7. The molecule has 3 unspecified atom stereocenters. The normalized spacial score (nSPS) is 54.6. The van der Waals surface area contributed by atoms with E-state index < -0.39 is 188 Å². The second kappa shape index (κ2) is 20.2. The van der Waals surface area contributed by atoms with Gasteiger partial charge >= 0.3 is 11.9 Å². The van der Waals surface area contributed by atoms with E-state index in [9.17, 15) is 71.2 Å². The minimum absolute atomic E-state index is 0.0770. The molecule has 4 saturated heterocycles. The Morgan fingerprint density at radius 1 is 0.680 bits per heavy atom. The van der Waals surface area contributed by atoms with Gasteiger partial charge in [0.1, 0.15) is 66.6 Å². The molecule has 13 N–H and O–H groups in total. The largest absolute Gasteiger partial charge is 0.481 e. The molecule has 4 heterocycles. The summed E-state index contributed by atoms with van der Waals surface area (Å²) in [4.78, 5) is 28.4. The third-order valence-electron chi connectivity index (χ3n) is 20.8. The molecule has 5 aliphatic carbocycles. The summed E-state index contributed by atoms with van der Waals surface area (Å²) in [6.07, 6.45) is -23.3. The molecule has 27 atom stereocenters. The molecule has 9 aliphatic rings. The Morgan fingerprint density at radius 2 is 1.35 bits per heavy atom. The van der Waals surface area contributed by atoms with Crippen LogP contribution >= 0.6 is 0 Å². The van der Waals surface area contributed by atoms with Crippen molar-refractivity contribution in [1.82, 2.24) is 0 Å². The Kier molecular flexibility index (Phi) is 15.5. The van der Waals surface area contributed by atoms with Gasteiger partial charge in [-0.25, -0.2) is 0 Å². The van der Waals surface area contributed by atoms with Crippen molar-refractivity contribution in [3.63, 3.8) is 0 Å². The number of aliphatic hydroxyl groups is 12. The van der Waals surface area contributed by atoms with E-state index in [0.29, 0.717) is 51.4 Å². The molecular weight excluding hydrogens is 993 g/mol. The molecule has 0 spiro atoms. The Balaban J connectivity index is 1.01. The van der Waals surface area contributed by atoms with Crippen LogP contribution in [0.2, 0.25) is 0 Å². The monoisotopic (exact) mass is 1070 g/mol. The minimum atomic E-state index is -2.17. The lowest BCUT2D eigenvalue weighted by atomic mass is 9.33. The minimum Gasteiger partial charge on any atom is -0.481 e. The number of ether oxygens (including phenoxy) is 8. The molecule has 75 heavy (non-hydrogen) atoms. The molecule has 0 bridgehead atoms. The van der Waals surface area contributed by atoms with Crippen molar-refractivity contribution in [3.05, 3.63) is 11.6 Å². The number of carbonyl (C=O) groups excluding carboxylic acids is 1. The predicted octanol–water partition coefficient (Wildman–Crippen LogP) is -1.69. The van der Waals surface area contributed by atoms with E-state index >= 15 is 4.79 Å². The first-order chi connectivity index (χ1) is 35.0. The molecule has 0 aromatic rings. The fourth-order valence-electron chi connectivity index (χ4n) is 15.9. The Labute approximate surface area is 435 Å². The third kappa shape index (κ3) is 8.98. The fraction of sp³-hybridized carbons (Fsp3) is 0.923. The number of rotatable bonds is 11. The maximum atomic E-state index is 15.5. The van der Waals surface area contributed by atoms with E-state index in [4.69, 9.17) is 37.9 Å². The Bertz CT molecular complexity index is 2150. The number of hydrogen-bond acceptors (Lipinski definition) is 22. The summed E-state index contributed by atoms with van der Waals surface area (Å²) in [7, 11) is 0. The molecule has 4 saturated carbocycles. The molecule has 23 nitrogen and oxygen atoms in total. The molecule has 0 radical (unpaired) electrons. The first kappa shape index (κ1) is 57.6. The predicted molar refractivity (Wildman–Crippen MR) is 253 cm³/mol. The van der Waals surface area contributed by atoms with Crippen LogP contribution in [-0.2, 0) is 47.5 Å². The van der Waals surface area contributed by atoms with Gasteiger partial charge in [0.05, 0.1) is 55.6 Å². The lowest BCUT2D eigenvalue weighted by Gasteiger charge is -2.71. The van der Waals surface area contributed by atoms with Crippen molar-refractivity contribution in [2.75, 3.05) is 26.4 Å². The number of carboxylic acid groups (broad SMARTS) is 1. The number of aliphatic hydroxyl groups excluding tert-OH is 11. The number of fused-ring (bicyclic) bond motifs is 7. The summed E-state index contributed by atoms with van der Waals surface area (Å²) in [6.45, 7) is 11.1. The zero-order chi connectivity index (χ0) is 54.9. The van der Waals surface area contributed by atoms with Crippen LogP contribution in [-0.4, -0.2) is 221 Å². The molecule has 0 amide bonds. The van der Waals surface area contributed by atoms with Gasteiger partial charge in [-0.2, -0.15) is 0 Å². The second-order valence-corrected chi connectivity index (χ2v) is 25.4. The molecule has 0 aromatic carbocycles. The highest BCUT2D eigenvalue weighted by Crippen LogP contribution is 2.76. The molecule has 23 heteroatoms. The fourth-order valence-corrected chi connectivity index (χ4v) is 15.9. The zero-order valence-corrected chi connectivity index (χ0v) is 43.8. The van der Waals surface area contributed by atoms with Crippen LogP contribution in [0.3, 0.4) is 0 Å². The van der Waals surface area contributed by atoms with Gasteiger partial charge < -0.3 is 104 Å². The molecule has 4 aliphatic heterocycles. The SMILES string of the molecule is C[C@@H]1O[C@@H](O[C@H]2[C@H](OC(=O)[C@]34CCC(C)(C)CC3C3=CCC5[C@@]6(C)C[C@H](O)[C@H](O)[C@@](C)(C(=O)O)C6CC[C@@]5(C)[C@]3(C)CC4)O[C@H](CO)[C@@H](O)[C@@H]2O)[C@H](O)[C@H](O[C@@H]2OC[C@](O)(CO)[C@H]2O)[C@H]1O[C@@H]1OC[C@@H](O)[C@H](O)[C@H]1O. The van der Waals surface area contributed by atoms with Gasteiger partial charge in [-0.05, 0) is 111 Å². The summed E-state index contributed by atoms with van der Waals surface area (Å²) >= 11 is 0. The number of hydrogen-bond donors (Lipinski definition) is 13. The van der Waals surface area contributed by atoms with Gasteiger partial charge in [0.2, 0.25) is 6.29 Å². The molecule has 0 aromatic heterocycles. The van der Waals surface area contributed by atoms with Crippen LogP contribution in [0.25, 0.3) is 0 Å². The van der Waals surface area contributed by atoms with Crippen molar-refractivity contribution in [2.24, 2.45) is 50.2 Å². The van der Waals surface area contributed by atoms with E-state index in [2.05, 4.69) is 40.7 Å². The standard InChI is InChI=1S/C52H82O23/c1-22-35(72-40-33(60)30(57)26(56)19-68-40)36(73-43-39(63)52(67,20-54)21-69-43)34(61)41(70-22)74-37-32(59)31(58)27(18-53)71-42(37)75-45(66)51-14-12-46(2,3)16-24(51)23-8-9-28-47(4)17-25(55)38(62)50(7,44(64)65)29(47)10-11-49(28,6)48(23,5)13-15-51/h8,22,24-43,53-63,67H,9-21H2,1-7H3,(H,64,65)/t22-,24?,25-,26+,27+,28?,29?,30-,31+,32-,33+,34+,35-,36-,37+,38-,39-,40-,41-,42-,43-,47+,48+,49+,50-,51-,52+/m0/s1. The summed E-state index contributed by atoms with van der Waals surface area (Å²) < 4.78 is 47.8. The maximum Gasteiger partial charge on any atom is 0.315 e. The van der Waals surface area contributed by atoms with Crippen LogP contribution < -0.4 is 0 Å². The second-order valence-electron chi connectivity index (χ2n) is 25.4. The molecule has 8 fully saturated rings. The highest BCUT2D eigenvalue weighted by Gasteiger charge is 2.72. The third-order valence-corrected chi connectivity index (χ3v) is 20.8. The highest BCUT2D eigenvalue weighted by molar-refractivity contribution is 5.79. The van der Waals surface area contributed by atoms with Crippen LogP contribution in [0.15, 0.2) is 11.6 Å². The topological polar surface area (TPSA) is 371 Å². The Morgan fingerprint density at radius 3 is 2.00 bits per heavy atom. The Hall–Kier alpha value is -2.08. The van der Waals surface area contributed by atoms with Crippen molar-refractivity contribution < 1.29 is 114 Å². The zero-order valence-electron chi connectivity index (χ0n) is 43.8. The van der Waals surface area contributed by atoms with Gasteiger partial charge in [-0.3, -0.25) is 9.59 Å². The van der Waals surface area contributed by atoms with Crippen molar-refractivity contribution in [2.45, 2.75) is 222 Å². The summed E-state index contributed by atoms with van der Waals surface area (Å²) in [6, 6.07) is 0. The number of carboxylic acids is 1. The van der Waals surface area contributed by atoms with Crippen molar-refractivity contribution in [3.8, 4) is 0 Å². The van der Waals surface area contributed by atoms with Crippen LogP contribution in [0.5, 0.6) is 0 Å². The smallest absolute Gasteiger partial charge is 0.315 e. The number of esters is 1. The highest BCUT2D eigenvalue weighted by atomic mass is 16.8. The molecule has 9 rings (SSSR count). The van der Waals surface area contributed by atoms with E-state index in [0.717, 1.165) is 5.57 Å². The average molecular weight is 1080 g/mol. The van der Waals surface area contributed by atoms with E-state index in [-0.39, 0.29) is 23.7 Å². The van der Waals surface area contributed by atoms with Gasteiger partial charge in [0, 0.05) is 0 Å². The number of aliphatic carboxylic acids is 1. The van der Waals surface area contributed by atoms with E-state index in [1.54, 1.807) is 6.92 Å². The summed E-state index contributed by atoms with van der Waals surface area (Å²) in [5, 5.41) is 141. The van der Waals surface area contributed by atoms with Crippen LogP contribution in [0, 0.1) is 50.2 Å². The van der Waals surface area contributed by atoms with E-state index in [1.807, 2.05) is 0 Å². The number of allylic oxidation sites excluding steroid dienone is 2. The van der Waals surface area contributed by atoms with Gasteiger partial charge in [-0.1, -0.05) is 46.3 Å². The van der Waals surface area contributed by atoms with Gasteiger partial charge in [0.25, 0.3) is 0 Å². The van der Waals surface area contributed by atoms with Crippen molar-refractivity contribution >= 4 is 11.9 Å². The first-order valence-electron chi connectivity index (χ1n) is 26.7. The summed E-state index contributed by atoms with van der Waals surface area (Å²) in [5.74, 6) is -2.67. The average Bonchev–Trinajstić information content (AvgIpc) is 3.64. The quantitative estimate of drug-likeness (QED) is 0.0811. The van der Waals surface area contributed by atoms with Crippen molar-refractivity contribution in [1.29, 1.82) is 0 Å².